The number of rotatable bonds is 5. The van der Waals surface area contributed by atoms with Gasteiger partial charge >= 0.3 is 6.18 Å². The molecule has 0 bridgehead atoms. The smallest absolute Gasteiger partial charge is 0.376 e. The van der Waals surface area contributed by atoms with Gasteiger partial charge in [0.2, 0.25) is 0 Å². The van der Waals surface area contributed by atoms with E-state index in [-0.39, 0.29) is 0 Å². The maximum atomic E-state index is 12.0. The Morgan fingerprint density at radius 2 is 1.59 bits per heavy atom. The Balaban J connectivity index is 2.62. The third-order valence-corrected chi connectivity index (χ3v) is 2.49. The largest absolute Gasteiger partial charge is 0.405 e. The summed E-state index contributed by atoms with van der Waals surface area (Å²) in [6.45, 7) is 4.84. The summed E-state index contributed by atoms with van der Waals surface area (Å²) in [6, 6.07) is 6.98. The molecule has 0 heterocycles. The van der Waals surface area contributed by atoms with Gasteiger partial charge in [0.05, 0.1) is 0 Å². The van der Waals surface area contributed by atoms with Gasteiger partial charge in [0.1, 0.15) is 6.54 Å². The van der Waals surface area contributed by atoms with Crippen LogP contribution in [0.3, 0.4) is 0 Å². The molecule has 0 unspecified atom stereocenters. The van der Waals surface area contributed by atoms with E-state index in [1.807, 2.05) is 26.0 Å². The van der Waals surface area contributed by atoms with E-state index in [9.17, 15) is 13.2 Å². The fourth-order valence-electron chi connectivity index (χ4n) is 1.58. The lowest BCUT2D eigenvalue weighted by atomic mass is 10.2. The molecule has 0 aromatic heterocycles. The second kappa shape index (κ2) is 5.80. The molecular weight excluding hydrogens is 229 g/mol. The first-order valence-corrected chi connectivity index (χ1v) is 5.62. The van der Waals surface area contributed by atoms with E-state index in [1.54, 1.807) is 12.1 Å². The van der Waals surface area contributed by atoms with E-state index in [0.717, 1.165) is 18.8 Å². The second-order valence-electron chi connectivity index (χ2n) is 3.69. The lowest BCUT2D eigenvalue weighted by Crippen LogP contribution is -2.22. The maximum absolute atomic E-state index is 12.0. The van der Waals surface area contributed by atoms with Crippen LogP contribution in [0.15, 0.2) is 24.3 Å². The average molecular weight is 246 g/mol. The highest BCUT2D eigenvalue weighted by atomic mass is 19.4. The van der Waals surface area contributed by atoms with Crippen LogP contribution < -0.4 is 10.2 Å². The molecular formula is C12H17F3N2. The Hall–Kier alpha value is -1.39. The fourth-order valence-corrected chi connectivity index (χ4v) is 1.58. The number of alkyl halides is 3. The minimum atomic E-state index is -4.18. The van der Waals surface area contributed by atoms with Gasteiger partial charge in [-0.2, -0.15) is 13.2 Å². The van der Waals surface area contributed by atoms with Crippen molar-refractivity contribution >= 4 is 11.4 Å². The zero-order valence-electron chi connectivity index (χ0n) is 10.0. The third kappa shape index (κ3) is 4.54. The van der Waals surface area contributed by atoms with Crippen LogP contribution in [0.4, 0.5) is 24.5 Å². The van der Waals surface area contributed by atoms with Crippen molar-refractivity contribution in [2.24, 2.45) is 0 Å². The summed E-state index contributed by atoms with van der Waals surface area (Å²) in [6.07, 6.45) is -4.18. The maximum Gasteiger partial charge on any atom is 0.405 e. The van der Waals surface area contributed by atoms with E-state index in [0.29, 0.717) is 5.69 Å². The summed E-state index contributed by atoms with van der Waals surface area (Å²) in [4.78, 5) is 2.13. The first-order chi connectivity index (χ1) is 7.96. The van der Waals surface area contributed by atoms with E-state index in [4.69, 9.17) is 0 Å². The van der Waals surface area contributed by atoms with Crippen molar-refractivity contribution in [3.05, 3.63) is 24.3 Å². The van der Waals surface area contributed by atoms with Gasteiger partial charge in [-0.05, 0) is 38.1 Å². The average Bonchev–Trinajstić information content (AvgIpc) is 2.29. The zero-order chi connectivity index (χ0) is 12.9. The SMILES string of the molecule is CCN(CC)c1ccc(NCC(F)(F)F)cc1. The number of anilines is 2. The minimum absolute atomic E-state index is 0.484. The van der Waals surface area contributed by atoms with Gasteiger partial charge in [-0.15, -0.1) is 0 Å². The van der Waals surface area contributed by atoms with Crippen molar-refractivity contribution in [3.8, 4) is 0 Å². The van der Waals surface area contributed by atoms with E-state index < -0.39 is 12.7 Å². The van der Waals surface area contributed by atoms with Gasteiger partial charge < -0.3 is 10.2 Å². The normalized spacial score (nSPS) is 11.4. The predicted octanol–water partition coefficient (Wildman–Crippen LogP) is 3.51. The van der Waals surface area contributed by atoms with Gasteiger partial charge in [0.25, 0.3) is 0 Å². The molecule has 5 heteroatoms. The van der Waals surface area contributed by atoms with Crippen molar-refractivity contribution in [1.82, 2.24) is 0 Å². The number of halogens is 3. The van der Waals surface area contributed by atoms with Crippen LogP contribution in [0, 0.1) is 0 Å². The molecule has 0 fully saturated rings. The highest BCUT2D eigenvalue weighted by Gasteiger charge is 2.26. The predicted molar refractivity (Wildman–Crippen MR) is 64.5 cm³/mol. The number of hydrogen-bond donors (Lipinski definition) is 1. The molecule has 1 N–H and O–H groups in total. The Morgan fingerprint density at radius 3 is 2.00 bits per heavy atom. The molecule has 0 aliphatic carbocycles. The number of nitrogens with one attached hydrogen (secondary N) is 1. The molecule has 0 saturated carbocycles. The highest BCUT2D eigenvalue weighted by Crippen LogP contribution is 2.20. The summed E-state index contributed by atoms with van der Waals surface area (Å²) in [5, 5.41) is 2.34. The van der Waals surface area contributed by atoms with Gasteiger partial charge in [-0.3, -0.25) is 0 Å². The lowest BCUT2D eigenvalue weighted by Gasteiger charge is -2.21. The van der Waals surface area contributed by atoms with Crippen molar-refractivity contribution in [2.75, 3.05) is 29.9 Å². The van der Waals surface area contributed by atoms with Crippen molar-refractivity contribution in [3.63, 3.8) is 0 Å². The van der Waals surface area contributed by atoms with Gasteiger partial charge in [-0.1, -0.05) is 0 Å². The van der Waals surface area contributed by atoms with Crippen LogP contribution in [0.25, 0.3) is 0 Å². The molecule has 0 atom stereocenters. The first-order valence-electron chi connectivity index (χ1n) is 5.62. The monoisotopic (exact) mass is 246 g/mol. The highest BCUT2D eigenvalue weighted by molar-refractivity contribution is 5.55. The molecule has 0 amide bonds. The molecule has 1 rings (SSSR count). The molecule has 96 valence electrons. The molecule has 0 saturated heterocycles. The molecule has 1 aromatic rings. The Morgan fingerprint density at radius 1 is 1.06 bits per heavy atom. The molecule has 1 aromatic carbocycles. The van der Waals surface area contributed by atoms with E-state index >= 15 is 0 Å². The zero-order valence-corrected chi connectivity index (χ0v) is 10.0. The number of benzene rings is 1. The summed E-state index contributed by atoms with van der Waals surface area (Å²) in [5.41, 5.74) is 1.51. The minimum Gasteiger partial charge on any atom is -0.376 e. The first kappa shape index (κ1) is 13.7. The Kier molecular flexibility index (Phi) is 4.66. The van der Waals surface area contributed by atoms with Crippen molar-refractivity contribution < 1.29 is 13.2 Å². The molecule has 17 heavy (non-hydrogen) atoms. The van der Waals surface area contributed by atoms with Crippen molar-refractivity contribution in [2.45, 2.75) is 20.0 Å². The summed E-state index contributed by atoms with van der Waals surface area (Å²) in [7, 11) is 0. The van der Waals surface area contributed by atoms with Crippen LogP contribution >= 0.6 is 0 Å². The topological polar surface area (TPSA) is 15.3 Å². The van der Waals surface area contributed by atoms with E-state index in [2.05, 4.69) is 10.2 Å². The van der Waals surface area contributed by atoms with Gasteiger partial charge in [0.15, 0.2) is 0 Å². The van der Waals surface area contributed by atoms with Gasteiger partial charge in [0, 0.05) is 24.5 Å². The Bertz CT molecular complexity index is 329. The fraction of sp³-hybridized carbons (Fsp3) is 0.500. The summed E-state index contributed by atoms with van der Waals surface area (Å²) in [5.74, 6) is 0. The Labute approximate surface area is 99.4 Å². The van der Waals surface area contributed by atoms with Gasteiger partial charge in [-0.25, -0.2) is 0 Å². The number of nitrogens with zero attached hydrogens (tertiary/aromatic N) is 1. The molecule has 0 aliphatic heterocycles. The standard InChI is InChI=1S/C12H17F3N2/c1-3-17(4-2)11-7-5-10(6-8-11)16-9-12(13,14)15/h5-8,16H,3-4,9H2,1-2H3. The third-order valence-electron chi connectivity index (χ3n) is 2.49. The summed E-state index contributed by atoms with van der Waals surface area (Å²) >= 11 is 0. The quantitative estimate of drug-likeness (QED) is 0.855. The van der Waals surface area contributed by atoms with Crippen LogP contribution in [-0.4, -0.2) is 25.8 Å². The molecule has 0 radical (unpaired) electrons. The van der Waals surface area contributed by atoms with Crippen LogP contribution in [0.5, 0.6) is 0 Å². The number of hydrogen-bond acceptors (Lipinski definition) is 2. The second-order valence-corrected chi connectivity index (χ2v) is 3.69. The van der Waals surface area contributed by atoms with Crippen molar-refractivity contribution in [1.29, 1.82) is 0 Å². The molecule has 0 spiro atoms. The lowest BCUT2D eigenvalue weighted by molar-refractivity contribution is -0.115. The van der Waals surface area contributed by atoms with E-state index in [1.165, 1.54) is 0 Å². The molecule has 0 aliphatic rings. The summed E-state index contributed by atoms with van der Waals surface area (Å²) < 4.78 is 36.0. The molecule has 2 nitrogen and oxygen atoms in total. The van der Waals surface area contributed by atoms with Crippen LogP contribution in [0.2, 0.25) is 0 Å². The van der Waals surface area contributed by atoms with Crippen LogP contribution in [0.1, 0.15) is 13.8 Å². The van der Waals surface area contributed by atoms with Crippen LogP contribution in [-0.2, 0) is 0 Å².